The van der Waals surface area contributed by atoms with Crippen LogP contribution in [0.25, 0.3) is 6.08 Å². The van der Waals surface area contributed by atoms with Crippen LogP contribution in [0.15, 0.2) is 18.2 Å². The van der Waals surface area contributed by atoms with E-state index in [0.717, 1.165) is 12.3 Å². The lowest BCUT2D eigenvalue weighted by Gasteiger charge is -2.19. The van der Waals surface area contributed by atoms with E-state index in [-0.39, 0.29) is 0 Å². The highest BCUT2D eigenvalue weighted by Gasteiger charge is 2.11. The minimum absolute atomic E-state index is 0.822. The van der Waals surface area contributed by atoms with Gasteiger partial charge in [-0.2, -0.15) is 0 Å². The van der Waals surface area contributed by atoms with Gasteiger partial charge in [0.15, 0.2) is 0 Å². The van der Waals surface area contributed by atoms with Crippen LogP contribution in [0.1, 0.15) is 74.6 Å². The summed E-state index contributed by atoms with van der Waals surface area (Å²) in [7, 11) is 0. The first kappa shape index (κ1) is 15.4. The third kappa shape index (κ3) is 3.75. The zero-order chi connectivity index (χ0) is 14.4. The summed E-state index contributed by atoms with van der Waals surface area (Å²) in [5, 5.41) is 0. The SMILES string of the molecule is CCCc1ccc(C)c(C=CC2CCCCC2)c1CC. The molecule has 2 rings (SSSR count). The predicted octanol–water partition coefficient (Wildman–Crippen LogP) is 6.10. The van der Waals surface area contributed by atoms with Crippen molar-refractivity contribution in [1.29, 1.82) is 0 Å². The van der Waals surface area contributed by atoms with Gasteiger partial charge in [0, 0.05) is 0 Å². The summed E-state index contributed by atoms with van der Waals surface area (Å²) in [6.07, 6.45) is 15.6. The first-order valence-corrected chi connectivity index (χ1v) is 8.55. The van der Waals surface area contributed by atoms with Gasteiger partial charge in [-0.25, -0.2) is 0 Å². The van der Waals surface area contributed by atoms with Crippen LogP contribution in [0.5, 0.6) is 0 Å². The van der Waals surface area contributed by atoms with Gasteiger partial charge in [0.05, 0.1) is 0 Å². The Hall–Kier alpha value is -1.04. The molecule has 0 unspecified atom stereocenters. The first-order chi connectivity index (χ1) is 9.76. The second-order valence-corrected chi connectivity index (χ2v) is 6.29. The number of allylic oxidation sites excluding steroid dienone is 1. The lowest BCUT2D eigenvalue weighted by atomic mass is 9.87. The fourth-order valence-corrected chi connectivity index (χ4v) is 3.54. The van der Waals surface area contributed by atoms with Crippen molar-refractivity contribution in [2.45, 2.75) is 72.1 Å². The number of hydrogen-bond donors (Lipinski definition) is 0. The van der Waals surface area contributed by atoms with E-state index >= 15 is 0 Å². The molecule has 0 amide bonds. The molecular weight excluding hydrogens is 240 g/mol. The topological polar surface area (TPSA) is 0 Å². The van der Waals surface area contributed by atoms with Crippen molar-refractivity contribution >= 4 is 6.08 Å². The van der Waals surface area contributed by atoms with E-state index in [9.17, 15) is 0 Å². The molecule has 0 atom stereocenters. The van der Waals surface area contributed by atoms with Gasteiger partial charge >= 0.3 is 0 Å². The van der Waals surface area contributed by atoms with Gasteiger partial charge in [-0.05, 0) is 60.8 Å². The molecule has 0 radical (unpaired) electrons. The van der Waals surface area contributed by atoms with E-state index in [4.69, 9.17) is 0 Å². The van der Waals surface area contributed by atoms with Crippen LogP contribution in [0.2, 0.25) is 0 Å². The monoisotopic (exact) mass is 270 g/mol. The fourth-order valence-electron chi connectivity index (χ4n) is 3.54. The van der Waals surface area contributed by atoms with Gasteiger partial charge in [0.1, 0.15) is 0 Å². The summed E-state index contributed by atoms with van der Waals surface area (Å²) in [5.74, 6) is 0.822. The average Bonchev–Trinajstić information content (AvgIpc) is 2.48. The molecule has 1 fully saturated rings. The lowest BCUT2D eigenvalue weighted by molar-refractivity contribution is 0.420. The molecule has 1 aliphatic rings. The predicted molar refractivity (Wildman–Crippen MR) is 90.2 cm³/mol. The molecule has 0 heteroatoms. The summed E-state index contributed by atoms with van der Waals surface area (Å²) in [4.78, 5) is 0. The van der Waals surface area contributed by atoms with Gasteiger partial charge in [0.2, 0.25) is 0 Å². The number of aryl methyl sites for hydroxylation is 2. The maximum atomic E-state index is 2.50. The van der Waals surface area contributed by atoms with E-state index in [2.05, 4.69) is 45.1 Å². The molecule has 1 aliphatic carbocycles. The van der Waals surface area contributed by atoms with Crippen LogP contribution >= 0.6 is 0 Å². The Morgan fingerprint density at radius 1 is 1.10 bits per heavy atom. The molecule has 110 valence electrons. The summed E-state index contributed by atoms with van der Waals surface area (Å²) >= 11 is 0. The molecule has 1 aromatic carbocycles. The minimum Gasteiger partial charge on any atom is -0.0808 e. The molecule has 20 heavy (non-hydrogen) atoms. The third-order valence-electron chi connectivity index (χ3n) is 4.73. The number of benzene rings is 1. The van der Waals surface area contributed by atoms with E-state index in [1.807, 2.05) is 0 Å². The van der Waals surface area contributed by atoms with Crippen molar-refractivity contribution in [3.63, 3.8) is 0 Å². The molecule has 0 saturated heterocycles. The van der Waals surface area contributed by atoms with Crippen LogP contribution in [0, 0.1) is 12.8 Å². The van der Waals surface area contributed by atoms with Crippen molar-refractivity contribution in [2.24, 2.45) is 5.92 Å². The van der Waals surface area contributed by atoms with Gasteiger partial charge in [-0.1, -0.05) is 63.8 Å². The lowest BCUT2D eigenvalue weighted by Crippen LogP contribution is -2.03. The first-order valence-electron chi connectivity index (χ1n) is 8.55. The summed E-state index contributed by atoms with van der Waals surface area (Å²) < 4.78 is 0. The number of hydrogen-bond acceptors (Lipinski definition) is 0. The van der Waals surface area contributed by atoms with Crippen molar-refractivity contribution in [1.82, 2.24) is 0 Å². The third-order valence-corrected chi connectivity index (χ3v) is 4.73. The Kier molecular flexibility index (Phi) is 5.88. The largest absolute Gasteiger partial charge is 0.0808 e. The van der Waals surface area contributed by atoms with Crippen LogP contribution in [-0.4, -0.2) is 0 Å². The molecule has 1 saturated carbocycles. The number of rotatable bonds is 5. The summed E-state index contributed by atoms with van der Waals surface area (Å²) in [6.45, 7) is 6.83. The highest BCUT2D eigenvalue weighted by molar-refractivity contribution is 5.60. The maximum Gasteiger partial charge on any atom is -0.0196 e. The van der Waals surface area contributed by atoms with Crippen molar-refractivity contribution in [2.75, 3.05) is 0 Å². The maximum absolute atomic E-state index is 2.50. The van der Waals surface area contributed by atoms with E-state index in [1.165, 1.54) is 56.1 Å². The van der Waals surface area contributed by atoms with E-state index < -0.39 is 0 Å². The van der Waals surface area contributed by atoms with Gasteiger partial charge in [-0.3, -0.25) is 0 Å². The highest BCUT2D eigenvalue weighted by Crippen LogP contribution is 2.27. The standard InChI is InChI=1S/C20H30/c1-4-9-18-14-12-16(3)20(19(18)5-2)15-13-17-10-7-6-8-11-17/h12-15,17H,4-11H2,1-3H3. The fraction of sp³-hybridized carbons (Fsp3) is 0.600. The molecule has 0 N–H and O–H groups in total. The summed E-state index contributed by atoms with van der Waals surface area (Å²) in [5.41, 5.74) is 6.08. The Balaban J connectivity index is 2.24. The van der Waals surface area contributed by atoms with Crippen LogP contribution in [0.4, 0.5) is 0 Å². The zero-order valence-corrected chi connectivity index (χ0v) is 13.5. The van der Waals surface area contributed by atoms with Crippen LogP contribution in [0.3, 0.4) is 0 Å². The Morgan fingerprint density at radius 2 is 1.85 bits per heavy atom. The normalized spacial score (nSPS) is 16.9. The molecular formula is C20H30. The molecule has 0 spiro atoms. The molecule has 0 heterocycles. The van der Waals surface area contributed by atoms with Gasteiger partial charge in [-0.15, -0.1) is 0 Å². The molecule has 0 aromatic heterocycles. The Bertz CT molecular complexity index is 447. The van der Waals surface area contributed by atoms with Crippen molar-refractivity contribution < 1.29 is 0 Å². The van der Waals surface area contributed by atoms with Crippen molar-refractivity contribution in [3.8, 4) is 0 Å². The summed E-state index contributed by atoms with van der Waals surface area (Å²) in [6, 6.07) is 4.65. The second-order valence-electron chi connectivity index (χ2n) is 6.29. The molecule has 1 aromatic rings. The van der Waals surface area contributed by atoms with Crippen LogP contribution < -0.4 is 0 Å². The molecule has 0 nitrogen and oxygen atoms in total. The van der Waals surface area contributed by atoms with Crippen LogP contribution in [-0.2, 0) is 12.8 Å². The molecule has 0 aliphatic heterocycles. The van der Waals surface area contributed by atoms with E-state index in [0.29, 0.717) is 0 Å². The smallest absolute Gasteiger partial charge is 0.0196 e. The van der Waals surface area contributed by atoms with Crippen molar-refractivity contribution in [3.05, 3.63) is 40.5 Å². The highest BCUT2D eigenvalue weighted by atomic mass is 14.2. The minimum atomic E-state index is 0.822. The zero-order valence-electron chi connectivity index (χ0n) is 13.5. The van der Waals surface area contributed by atoms with Gasteiger partial charge in [0.25, 0.3) is 0 Å². The van der Waals surface area contributed by atoms with Gasteiger partial charge < -0.3 is 0 Å². The molecule has 0 bridgehead atoms. The Labute approximate surface area is 125 Å². The quantitative estimate of drug-likeness (QED) is 0.606. The second kappa shape index (κ2) is 7.67. The average molecular weight is 270 g/mol. The Morgan fingerprint density at radius 3 is 2.50 bits per heavy atom. The van der Waals surface area contributed by atoms with E-state index in [1.54, 1.807) is 11.1 Å².